The molecule has 2 aliphatic heterocycles. The summed E-state index contributed by atoms with van der Waals surface area (Å²) in [6.45, 7) is 0.102. The van der Waals surface area contributed by atoms with Crippen molar-refractivity contribution in [3.8, 4) is 17.6 Å². The SMILES string of the molecule is N#Cc1ccc2cc1Oc1ccc(Br)c(c1)CNC(=O)CNC(=O)c1cnc3n1C2CS3. The van der Waals surface area contributed by atoms with Gasteiger partial charge < -0.3 is 19.9 Å². The highest BCUT2D eigenvalue weighted by Crippen LogP contribution is 2.40. The van der Waals surface area contributed by atoms with Gasteiger partial charge in [-0.25, -0.2) is 4.98 Å². The number of nitriles is 1. The van der Waals surface area contributed by atoms with Crippen LogP contribution in [0.3, 0.4) is 0 Å². The molecule has 2 N–H and O–H groups in total. The van der Waals surface area contributed by atoms with Crippen molar-refractivity contribution in [1.82, 2.24) is 20.2 Å². The first-order chi connectivity index (χ1) is 15.5. The normalized spacial score (nSPS) is 17.6. The van der Waals surface area contributed by atoms with Crippen LogP contribution in [0.1, 0.15) is 33.2 Å². The lowest BCUT2D eigenvalue weighted by Crippen LogP contribution is -2.37. The van der Waals surface area contributed by atoms with E-state index in [2.05, 4.69) is 37.6 Å². The molecule has 32 heavy (non-hydrogen) atoms. The van der Waals surface area contributed by atoms with Gasteiger partial charge >= 0.3 is 0 Å². The maximum atomic E-state index is 12.8. The van der Waals surface area contributed by atoms with Gasteiger partial charge in [-0.2, -0.15) is 5.26 Å². The van der Waals surface area contributed by atoms with E-state index in [1.165, 1.54) is 6.20 Å². The van der Waals surface area contributed by atoms with Crippen molar-refractivity contribution in [3.05, 3.63) is 69.5 Å². The Kier molecular flexibility index (Phi) is 5.36. The summed E-state index contributed by atoms with van der Waals surface area (Å²) in [6, 6.07) is 12.9. The van der Waals surface area contributed by atoms with Crippen LogP contribution in [0.25, 0.3) is 0 Å². The molecule has 0 aliphatic carbocycles. The minimum atomic E-state index is -0.369. The predicted octanol–water partition coefficient (Wildman–Crippen LogP) is 3.36. The molecule has 2 aromatic carbocycles. The van der Waals surface area contributed by atoms with Gasteiger partial charge in [0, 0.05) is 16.8 Å². The fourth-order valence-corrected chi connectivity index (χ4v) is 5.23. The molecule has 1 unspecified atom stereocenters. The number of rotatable bonds is 0. The van der Waals surface area contributed by atoms with Gasteiger partial charge in [-0.1, -0.05) is 33.8 Å². The Morgan fingerprint density at radius 2 is 2.06 bits per heavy atom. The zero-order valence-electron chi connectivity index (χ0n) is 16.6. The number of fused-ring (bicyclic) bond motifs is 5. The van der Waals surface area contributed by atoms with E-state index in [9.17, 15) is 14.9 Å². The summed E-state index contributed by atoms with van der Waals surface area (Å²) in [5.74, 6) is 0.993. The largest absolute Gasteiger partial charge is 0.456 e. The molecule has 160 valence electrons. The summed E-state index contributed by atoms with van der Waals surface area (Å²) in [5.41, 5.74) is 2.50. The molecule has 8 nitrogen and oxygen atoms in total. The second-order valence-electron chi connectivity index (χ2n) is 7.30. The summed E-state index contributed by atoms with van der Waals surface area (Å²) in [4.78, 5) is 29.5. The van der Waals surface area contributed by atoms with E-state index < -0.39 is 0 Å². The second kappa shape index (κ2) is 8.33. The minimum absolute atomic E-state index is 0.147. The standard InChI is InChI=1S/C22H16BrN5O3S/c23-16-4-3-15-5-14(16)8-25-20(29)10-26-21(30)17-9-27-22-28(17)18(11-32-22)12-1-2-13(7-24)19(6-12)31-15/h1-6,9,18H,8,10-11H2,(H,25,29)(H,26,30). The number of benzene rings is 2. The topological polar surface area (TPSA) is 109 Å². The van der Waals surface area contributed by atoms with E-state index in [1.54, 1.807) is 30.0 Å². The van der Waals surface area contributed by atoms with Crippen LogP contribution in [0, 0.1) is 11.3 Å². The van der Waals surface area contributed by atoms with Gasteiger partial charge in [-0.3, -0.25) is 9.59 Å². The number of nitrogens with one attached hydrogen (secondary N) is 2. The summed E-state index contributed by atoms with van der Waals surface area (Å²) in [5, 5.41) is 15.8. The molecular weight excluding hydrogens is 494 g/mol. The quantitative estimate of drug-likeness (QED) is 0.480. The first-order valence-corrected chi connectivity index (χ1v) is 11.6. The molecule has 0 radical (unpaired) electrons. The number of amides is 2. The molecule has 0 saturated heterocycles. The third kappa shape index (κ3) is 3.74. The third-order valence-corrected chi connectivity index (χ3v) is 7.14. The predicted molar refractivity (Wildman–Crippen MR) is 121 cm³/mol. The molecule has 1 aromatic heterocycles. The van der Waals surface area contributed by atoms with Gasteiger partial charge in [0.25, 0.3) is 5.91 Å². The van der Waals surface area contributed by atoms with E-state index in [0.717, 1.165) is 20.8 Å². The Hall–Kier alpha value is -3.29. The number of hydrogen-bond donors (Lipinski definition) is 2. The smallest absolute Gasteiger partial charge is 0.270 e. The van der Waals surface area contributed by atoms with Crippen LogP contribution in [0.5, 0.6) is 11.5 Å². The Bertz CT molecular complexity index is 1300. The van der Waals surface area contributed by atoms with Gasteiger partial charge in [0.05, 0.1) is 24.3 Å². The number of ether oxygens (including phenoxy) is 1. The van der Waals surface area contributed by atoms with E-state index in [0.29, 0.717) is 28.5 Å². The van der Waals surface area contributed by atoms with Crippen LogP contribution >= 0.6 is 27.7 Å². The molecule has 5 rings (SSSR count). The van der Waals surface area contributed by atoms with E-state index >= 15 is 0 Å². The monoisotopic (exact) mass is 509 g/mol. The zero-order chi connectivity index (χ0) is 22.2. The number of imidazole rings is 1. The zero-order valence-corrected chi connectivity index (χ0v) is 19.0. The van der Waals surface area contributed by atoms with E-state index in [4.69, 9.17) is 4.74 Å². The lowest BCUT2D eigenvalue weighted by atomic mass is 10.0. The van der Waals surface area contributed by atoms with Gasteiger partial charge in [-0.15, -0.1) is 0 Å². The van der Waals surface area contributed by atoms with Crippen LogP contribution in [0.15, 0.2) is 52.2 Å². The third-order valence-electron chi connectivity index (χ3n) is 5.32. The number of aromatic nitrogens is 2. The van der Waals surface area contributed by atoms with Crippen molar-refractivity contribution in [2.75, 3.05) is 12.3 Å². The summed E-state index contributed by atoms with van der Waals surface area (Å²) in [7, 11) is 0. The number of thioether (sulfide) groups is 1. The van der Waals surface area contributed by atoms with Gasteiger partial charge in [0.15, 0.2) is 5.16 Å². The molecule has 0 saturated carbocycles. The number of carbonyl (C=O) groups excluding carboxylic acids is 2. The van der Waals surface area contributed by atoms with Crippen LogP contribution in [-0.4, -0.2) is 33.7 Å². The lowest BCUT2D eigenvalue weighted by molar-refractivity contribution is -0.120. The van der Waals surface area contributed by atoms with Gasteiger partial charge in [0.2, 0.25) is 5.91 Å². The number of nitrogens with zero attached hydrogens (tertiary/aromatic N) is 3. The lowest BCUT2D eigenvalue weighted by Gasteiger charge is -2.18. The second-order valence-corrected chi connectivity index (χ2v) is 9.15. The Balaban J connectivity index is 1.63. The molecule has 0 spiro atoms. The van der Waals surface area contributed by atoms with Crippen molar-refractivity contribution >= 4 is 39.5 Å². The fraction of sp³-hybridized carbons (Fsp3) is 0.182. The van der Waals surface area contributed by atoms with Crippen molar-refractivity contribution in [1.29, 1.82) is 5.26 Å². The Morgan fingerprint density at radius 3 is 2.91 bits per heavy atom. The van der Waals surface area contributed by atoms with E-state index in [1.807, 2.05) is 22.8 Å². The molecule has 2 amide bonds. The highest BCUT2D eigenvalue weighted by molar-refractivity contribution is 9.10. The highest BCUT2D eigenvalue weighted by atomic mass is 79.9. The molecule has 2 aliphatic rings. The van der Waals surface area contributed by atoms with Crippen LogP contribution < -0.4 is 15.4 Å². The molecule has 0 fully saturated rings. The van der Waals surface area contributed by atoms with Gasteiger partial charge in [0.1, 0.15) is 23.3 Å². The average molecular weight is 510 g/mol. The van der Waals surface area contributed by atoms with E-state index in [-0.39, 0.29) is 30.9 Å². The fourth-order valence-electron chi connectivity index (χ4n) is 3.70. The summed E-state index contributed by atoms with van der Waals surface area (Å²) >= 11 is 5.03. The van der Waals surface area contributed by atoms with Crippen molar-refractivity contribution < 1.29 is 14.3 Å². The first-order valence-electron chi connectivity index (χ1n) is 9.78. The average Bonchev–Trinajstić information content (AvgIpc) is 3.39. The number of halogens is 1. The molecular formula is C22H16BrN5O3S. The van der Waals surface area contributed by atoms with Crippen LogP contribution in [-0.2, 0) is 11.3 Å². The molecule has 3 heterocycles. The van der Waals surface area contributed by atoms with Crippen molar-refractivity contribution in [3.63, 3.8) is 0 Å². The summed E-state index contributed by atoms with van der Waals surface area (Å²) < 4.78 is 8.77. The maximum Gasteiger partial charge on any atom is 0.270 e. The Morgan fingerprint density at radius 1 is 1.19 bits per heavy atom. The number of hydrogen-bond acceptors (Lipinski definition) is 6. The molecule has 3 aromatic rings. The Labute approximate surface area is 196 Å². The first kappa shape index (κ1) is 20.6. The van der Waals surface area contributed by atoms with Crippen molar-refractivity contribution in [2.24, 2.45) is 0 Å². The maximum absolute atomic E-state index is 12.8. The number of carbonyl (C=O) groups is 2. The summed E-state index contributed by atoms with van der Waals surface area (Å²) in [6.07, 6.45) is 1.52. The minimum Gasteiger partial charge on any atom is -0.456 e. The molecule has 1 atom stereocenters. The van der Waals surface area contributed by atoms with Crippen LogP contribution in [0.4, 0.5) is 0 Å². The van der Waals surface area contributed by atoms with Crippen LogP contribution in [0.2, 0.25) is 0 Å². The molecule has 10 heteroatoms. The highest BCUT2D eigenvalue weighted by Gasteiger charge is 2.31. The molecule has 4 bridgehead atoms. The van der Waals surface area contributed by atoms with Crippen molar-refractivity contribution in [2.45, 2.75) is 17.7 Å². The van der Waals surface area contributed by atoms with Gasteiger partial charge in [-0.05, 0) is 41.5 Å².